The van der Waals surface area contributed by atoms with Crippen molar-refractivity contribution >= 4 is 22.4 Å². The first-order valence-electron chi connectivity index (χ1n) is 5.72. The van der Waals surface area contributed by atoms with Crippen molar-refractivity contribution < 1.29 is 4.21 Å². The molecule has 3 heterocycles. The Hall–Kier alpha value is -2.28. The van der Waals surface area contributed by atoms with Crippen LogP contribution < -0.4 is 5.73 Å². The molecular formula is C12H9N5OS. The van der Waals surface area contributed by atoms with Crippen LogP contribution in [0.2, 0.25) is 0 Å². The summed E-state index contributed by atoms with van der Waals surface area (Å²) in [6, 6.07) is 9.43. The molecule has 6 nitrogen and oxygen atoms in total. The van der Waals surface area contributed by atoms with Gasteiger partial charge in [-0.25, -0.2) is 0 Å². The summed E-state index contributed by atoms with van der Waals surface area (Å²) in [4.78, 5) is 0.813. The molecule has 94 valence electrons. The third-order valence-corrected chi connectivity index (χ3v) is 4.59. The van der Waals surface area contributed by atoms with Crippen molar-refractivity contribution in [2.45, 2.75) is 10.6 Å². The molecule has 2 aromatic heterocycles. The summed E-state index contributed by atoms with van der Waals surface area (Å²) < 4.78 is 13.7. The topological polar surface area (TPSA) is 86.2 Å². The van der Waals surface area contributed by atoms with E-state index in [1.807, 2.05) is 30.3 Å². The maximum Gasteiger partial charge on any atom is 0.243 e. The Kier molecular flexibility index (Phi) is 2.02. The van der Waals surface area contributed by atoms with Gasteiger partial charge >= 0.3 is 0 Å². The van der Waals surface area contributed by atoms with Gasteiger partial charge in [-0.05, 0) is 17.7 Å². The van der Waals surface area contributed by atoms with E-state index in [4.69, 9.17) is 5.73 Å². The van der Waals surface area contributed by atoms with E-state index in [1.165, 1.54) is 4.52 Å². The lowest BCUT2D eigenvalue weighted by molar-refractivity contribution is 0.681. The summed E-state index contributed by atoms with van der Waals surface area (Å²) in [7, 11) is -1.04. The molecule has 0 saturated carbocycles. The third-order valence-electron chi connectivity index (χ3n) is 3.17. The first-order valence-corrected chi connectivity index (χ1v) is 7.04. The molecule has 7 heteroatoms. The van der Waals surface area contributed by atoms with Gasteiger partial charge in [-0.2, -0.15) is 9.61 Å². The van der Waals surface area contributed by atoms with Crippen LogP contribution in [0.5, 0.6) is 0 Å². The lowest BCUT2D eigenvalue weighted by atomic mass is 10.1. The third kappa shape index (κ3) is 1.42. The van der Waals surface area contributed by atoms with Crippen LogP contribution in [0.3, 0.4) is 0 Å². The standard InChI is InChI=1S/C12H9N5OS/c13-12-15-14-10-5-7-6-19(18)9-4-2-1-3-8(9)11(7)16-17(10)12/h1-5H,6H2,(H2,13,15). The molecule has 4 rings (SSSR count). The smallest absolute Gasteiger partial charge is 0.243 e. The Balaban J connectivity index is 2.10. The summed E-state index contributed by atoms with van der Waals surface area (Å²) in [6.45, 7) is 0. The summed E-state index contributed by atoms with van der Waals surface area (Å²) in [5, 5.41) is 12.2. The van der Waals surface area contributed by atoms with E-state index in [0.717, 1.165) is 21.7 Å². The van der Waals surface area contributed by atoms with E-state index in [9.17, 15) is 4.21 Å². The van der Waals surface area contributed by atoms with Crippen molar-refractivity contribution in [1.29, 1.82) is 0 Å². The summed E-state index contributed by atoms with van der Waals surface area (Å²) in [6.07, 6.45) is 0. The molecule has 1 atom stereocenters. The van der Waals surface area contributed by atoms with E-state index in [2.05, 4.69) is 15.3 Å². The normalized spacial score (nSPS) is 17.2. The number of aromatic nitrogens is 4. The zero-order valence-corrected chi connectivity index (χ0v) is 10.6. The van der Waals surface area contributed by atoms with Crippen LogP contribution in [-0.2, 0) is 16.6 Å². The Morgan fingerprint density at radius 2 is 2.11 bits per heavy atom. The molecule has 0 fully saturated rings. The minimum Gasteiger partial charge on any atom is -0.366 e. The van der Waals surface area contributed by atoms with E-state index >= 15 is 0 Å². The average Bonchev–Trinajstić information content (AvgIpc) is 2.78. The fraction of sp³-hybridized carbons (Fsp3) is 0.0833. The molecule has 1 aliphatic heterocycles. The summed E-state index contributed by atoms with van der Waals surface area (Å²) in [5.74, 6) is 0.699. The van der Waals surface area contributed by atoms with Crippen LogP contribution in [0.1, 0.15) is 5.56 Å². The monoisotopic (exact) mass is 271 g/mol. The molecule has 0 saturated heterocycles. The first kappa shape index (κ1) is 10.6. The molecule has 0 aliphatic carbocycles. The number of nitrogens with zero attached hydrogens (tertiary/aromatic N) is 4. The molecule has 0 bridgehead atoms. The number of benzene rings is 1. The van der Waals surface area contributed by atoms with Gasteiger partial charge in [-0.1, -0.05) is 18.2 Å². The van der Waals surface area contributed by atoms with E-state index in [0.29, 0.717) is 11.4 Å². The van der Waals surface area contributed by atoms with Crippen LogP contribution in [0, 0.1) is 0 Å². The predicted octanol–water partition coefficient (Wildman–Crippen LogP) is 0.995. The van der Waals surface area contributed by atoms with Crippen LogP contribution >= 0.6 is 0 Å². The molecule has 1 aromatic carbocycles. The molecule has 19 heavy (non-hydrogen) atoms. The van der Waals surface area contributed by atoms with Crippen molar-refractivity contribution in [2.75, 3.05) is 5.73 Å². The highest BCUT2D eigenvalue weighted by Gasteiger charge is 2.24. The molecule has 1 aliphatic rings. The van der Waals surface area contributed by atoms with Gasteiger partial charge in [-0.3, -0.25) is 4.21 Å². The van der Waals surface area contributed by atoms with Gasteiger partial charge in [-0.15, -0.1) is 10.2 Å². The Morgan fingerprint density at radius 3 is 3.00 bits per heavy atom. The Morgan fingerprint density at radius 1 is 1.26 bits per heavy atom. The molecule has 3 aromatic rings. The Bertz CT molecular complexity index is 841. The highest BCUT2D eigenvalue weighted by molar-refractivity contribution is 7.84. The van der Waals surface area contributed by atoms with Crippen LogP contribution in [0.15, 0.2) is 35.2 Å². The van der Waals surface area contributed by atoms with Crippen LogP contribution in [0.25, 0.3) is 16.9 Å². The van der Waals surface area contributed by atoms with Crippen molar-refractivity contribution in [3.8, 4) is 11.3 Å². The lowest BCUT2D eigenvalue weighted by Gasteiger charge is -2.17. The lowest BCUT2D eigenvalue weighted by Crippen LogP contribution is -2.11. The second-order valence-corrected chi connectivity index (χ2v) is 5.75. The van der Waals surface area contributed by atoms with Gasteiger partial charge in [0.15, 0.2) is 5.65 Å². The van der Waals surface area contributed by atoms with Gasteiger partial charge in [0.05, 0.1) is 22.2 Å². The summed E-state index contributed by atoms with van der Waals surface area (Å²) >= 11 is 0. The average molecular weight is 271 g/mol. The fourth-order valence-electron chi connectivity index (χ4n) is 2.30. The van der Waals surface area contributed by atoms with Crippen molar-refractivity contribution in [2.24, 2.45) is 0 Å². The second kappa shape index (κ2) is 3.61. The highest BCUT2D eigenvalue weighted by Crippen LogP contribution is 2.34. The number of nitrogen functional groups attached to an aromatic ring is 1. The number of hydrogen-bond acceptors (Lipinski definition) is 5. The number of fused-ring (bicyclic) bond motifs is 4. The van der Waals surface area contributed by atoms with Crippen molar-refractivity contribution in [1.82, 2.24) is 19.8 Å². The largest absolute Gasteiger partial charge is 0.366 e. The number of hydrogen-bond donors (Lipinski definition) is 1. The maximum absolute atomic E-state index is 12.2. The summed E-state index contributed by atoms with van der Waals surface area (Å²) in [5.41, 5.74) is 8.90. The van der Waals surface area contributed by atoms with Gasteiger partial charge in [0, 0.05) is 10.5 Å². The molecule has 1 unspecified atom stereocenters. The van der Waals surface area contributed by atoms with E-state index < -0.39 is 10.8 Å². The molecule has 2 N–H and O–H groups in total. The van der Waals surface area contributed by atoms with Crippen LogP contribution in [-0.4, -0.2) is 24.0 Å². The number of nitrogens with two attached hydrogens (primary N) is 1. The second-order valence-electron chi connectivity index (χ2n) is 4.33. The van der Waals surface area contributed by atoms with Gasteiger partial charge in [0.1, 0.15) is 0 Å². The van der Waals surface area contributed by atoms with E-state index in [1.54, 1.807) is 0 Å². The van der Waals surface area contributed by atoms with Crippen LogP contribution in [0.4, 0.5) is 5.95 Å². The molecular weight excluding hydrogens is 262 g/mol. The highest BCUT2D eigenvalue weighted by atomic mass is 32.2. The molecule has 0 spiro atoms. The van der Waals surface area contributed by atoms with Gasteiger partial charge in [0.25, 0.3) is 0 Å². The minimum atomic E-state index is -1.04. The minimum absolute atomic E-state index is 0.252. The van der Waals surface area contributed by atoms with Gasteiger partial charge in [0.2, 0.25) is 5.95 Å². The SMILES string of the molecule is Nc1nnc2cc3c(nn12)-c1ccccc1S(=O)C3. The molecule has 0 amide bonds. The first-order chi connectivity index (χ1) is 9.24. The fourth-order valence-corrected chi connectivity index (χ4v) is 3.60. The predicted molar refractivity (Wildman–Crippen MR) is 70.7 cm³/mol. The molecule has 0 radical (unpaired) electrons. The maximum atomic E-state index is 12.2. The van der Waals surface area contributed by atoms with Crippen molar-refractivity contribution in [3.05, 3.63) is 35.9 Å². The number of rotatable bonds is 0. The Labute approximate surface area is 110 Å². The zero-order chi connectivity index (χ0) is 13.0. The number of anilines is 1. The zero-order valence-electron chi connectivity index (χ0n) is 9.78. The van der Waals surface area contributed by atoms with E-state index in [-0.39, 0.29) is 5.95 Å². The van der Waals surface area contributed by atoms with Gasteiger partial charge < -0.3 is 5.73 Å². The quantitative estimate of drug-likeness (QED) is 0.659. The van der Waals surface area contributed by atoms with Crippen molar-refractivity contribution in [3.63, 3.8) is 0 Å².